The smallest absolute Gasteiger partial charge is 0.265 e. The Hall–Kier alpha value is -1.23. The predicted molar refractivity (Wildman–Crippen MR) is 84.7 cm³/mol. The number of hydrogen-bond donors (Lipinski definition) is 3. The first-order chi connectivity index (χ1) is 9.83. The second-order valence-electron chi connectivity index (χ2n) is 3.88. The van der Waals surface area contributed by atoms with Crippen LogP contribution in [0.25, 0.3) is 0 Å². The van der Waals surface area contributed by atoms with E-state index in [9.17, 15) is 12.8 Å². The summed E-state index contributed by atoms with van der Waals surface area (Å²) >= 11 is 6.13. The highest BCUT2D eigenvalue weighted by Crippen LogP contribution is 2.26. The Labute approximate surface area is 137 Å². The standard InChI is InChI=1S/C11H9Br2FN4O2S/c12-6-3-10(11(17-15)16-5-6)21(19,20)18-7-1-2-9(14)8(13)4-7/h1-5,18H,15H2,(H,16,17). The number of nitrogens with two attached hydrogens (primary N) is 1. The Morgan fingerprint density at radius 1 is 1.24 bits per heavy atom. The largest absolute Gasteiger partial charge is 0.307 e. The molecule has 0 saturated heterocycles. The van der Waals surface area contributed by atoms with Crippen LogP contribution in [0.5, 0.6) is 0 Å². The average molecular weight is 440 g/mol. The first kappa shape index (κ1) is 16.1. The van der Waals surface area contributed by atoms with Gasteiger partial charge in [0.2, 0.25) is 0 Å². The van der Waals surface area contributed by atoms with Gasteiger partial charge in [-0.05, 0) is 56.1 Å². The van der Waals surface area contributed by atoms with Gasteiger partial charge in [0.15, 0.2) is 5.82 Å². The molecule has 0 aliphatic heterocycles. The molecule has 0 bridgehead atoms. The summed E-state index contributed by atoms with van der Waals surface area (Å²) in [5, 5.41) is 0. The molecule has 1 heterocycles. The van der Waals surface area contributed by atoms with E-state index in [0.29, 0.717) is 4.47 Å². The third kappa shape index (κ3) is 3.70. The van der Waals surface area contributed by atoms with Crippen molar-refractivity contribution in [1.29, 1.82) is 0 Å². The second kappa shape index (κ2) is 6.26. The normalized spacial score (nSPS) is 11.2. The molecule has 0 radical (unpaired) electrons. The third-order valence-electron chi connectivity index (χ3n) is 2.42. The van der Waals surface area contributed by atoms with Gasteiger partial charge in [-0.3, -0.25) is 4.72 Å². The van der Waals surface area contributed by atoms with Gasteiger partial charge in [0.1, 0.15) is 10.7 Å². The summed E-state index contributed by atoms with van der Waals surface area (Å²) in [6.07, 6.45) is 1.41. The summed E-state index contributed by atoms with van der Waals surface area (Å²) in [5.41, 5.74) is 2.42. The monoisotopic (exact) mass is 438 g/mol. The Kier molecular flexibility index (Phi) is 4.81. The lowest BCUT2D eigenvalue weighted by atomic mass is 10.3. The van der Waals surface area contributed by atoms with Crippen molar-refractivity contribution < 1.29 is 12.8 Å². The SMILES string of the molecule is NNc1ncc(Br)cc1S(=O)(=O)Nc1ccc(F)c(Br)c1. The molecule has 0 unspecified atom stereocenters. The lowest BCUT2D eigenvalue weighted by molar-refractivity contribution is 0.600. The fourth-order valence-corrected chi connectivity index (χ4v) is 3.56. The number of aromatic nitrogens is 1. The van der Waals surface area contributed by atoms with Crippen LogP contribution in [0.2, 0.25) is 0 Å². The third-order valence-corrected chi connectivity index (χ3v) is 4.85. The van der Waals surface area contributed by atoms with Gasteiger partial charge in [-0.15, -0.1) is 0 Å². The van der Waals surface area contributed by atoms with Crippen LogP contribution in [-0.2, 0) is 10.0 Å². The number of nitrogens with one attached hydrogen (secondary N) is 2. The molecule has 0 spiro atoms. The molecule has 0 atom stereocenters. The zero-order valence-corrected chi connectivity index (χ0v) is 14.3. The van der Waals surface area contributed by atoms with Gasteiger partial charge >= 0.3 is 0 Å². The molecular weight excluding hydrogens is 431 g/mol. The molecular formula is C11H9Br2FN4O2S. The van der Waals surface area contributed by atoms with E-state index in [0.717, 1.165) is 6.07 Å². The Bertz CT molecular complexity index is 786. The second-order valence-corrected chi connectivity index (χ2v) is 7.30. The van der Waals surface area contributed by atoms with E-state index in [4.69, 9.17) is 5.84 Å². The lowest BCUT2D eigenvalue weighted by Crippen LogP contribution is -2.18. The number of rotatable bonds is 4. The molecule has 21 heavy (non-hydrogen) atoms. The van der Waals surface area contributed by atoms with Crippen LogP contribution < -0.4 is 16.0 Å². The van der Waals surface area contributed by atoms with Gasteiger partial charge in [-0.2, -0.15) is 0 Å². The molecule has 4 N–H and O–H groups in total. The van der Waals surface area contributed by atoms with Gasteiger partial charge in [0, 0.05) is 10.7 Å². The Balaban J connectivity index is 2.42. The highest BCUT2D eigenvalue weighted by Gasteiger charge is 2.20. The van der Waals surface area contributed by atoms with Crippen LogP contribution in [0.4, 0.5) is 15.9 Å². The maximum atomic E-state index is 13.2. The minimum atomic E-state index is -3.94. The zero-order valence-electron chi connectivity index (χ0n) is 10.3. The quantitative estimate of drug-likeness (QED) is 0.502. The molecule has 0 fully saturated rings. The summed E-state index contributed by atoms with van der Waals surface area (Å²) in [4.78, 5) is 3.73. The van der Waals surface area contributed by atoms with Crippen molar-refractivity contribution in [1.82, 2.24) is 4.98 Å². The fourth-order valence-electron chi connectivity index (χ4n) is 1.50. The summed E-state index contributed by atoms with van der Waals surface area (Å²) in [5.74, 6) is 4.76. The molecule has 0 saturated carbocycles. The molecule has 10 heteroatoms. The lowest BCUT2D eigenvalue weighted by Gasteiger charge is -2.12. The van der Waals surface area contributed by atoms with E-state index >= 15 is 0 Å². The van der Waals surface area contributed by atoms with Gasteiger partial charge in [-0.1, -0.05) is 0 Å². The predicted octanol–water partition coefficient (Wildman–Crippen LogP) is 2.83. The van der Waals surface area contributed by atoms with Gasteiger partial charge in [0.05, 0.1) is 10.2 Å². The van der Waals surface area contributed by atoms with Crippen molar-refractivity contribution in [3.8, 4) is 0 Å². The van der Waals surface area contributed by atoms with Crippen molar-refractivity contribution in [2.24, 2.45) is 5.84 Å². The van der Waals surface area contributed by atoms with Crippen LogP contribution in [0.1, 0.15) is 0 Å². The molecule has 2 rings (SSSR count). The van der Waals surface area contributed by atoms with Crippen LogP contribution in [0, 0.1) is 5.82 Å². The molecule has 1 aromatic heterocycles. The molecule has 0 aliphatic rings. The van der Waals surface area contributed by atoms with E-state index in [1.165, 1.54) is 24.4 Å². The topological polar surface area (TPSA) is 97.1 Å². The molecule has 112 valence electrons. The van der Waals surface area contributed by atoms with Crippen LogP contribution in [-0.4, -0.2) is 13.4 Å². The number of halogens is 3. The fraction of sp³-hybridized carbons (Fsp3) is 0. The summed E-state index contributed by atoms with van der Waals surface area (Å²) < 4.78 is 40.8. The van der Waals surface area contributed by atoms with Crippen molar-refractivity contribution in [3.63, 3.8) is 0 Å². The highest BCUT2D eigenvalue weighted by molar-refractivity contribution is 9.10. The van der Waals surface area contributed by atoms with Crippen LogP contribution in [0.3, 0.4) is 0 Å². The summed E-state index contributed by atoms with van der Waals surface area (Å²) in [7, 11) is -3.94. The number of hydrogen-bond acceptors (Lipinski definition) is 5. The molecule has 0 amide bonds. The Morgan fingerprint density at radius 2 is 1.95 bits per heavy atom. The van der Waals surface area contributed by atoms with E-state index in [1.54, 1.807) is 0 Å². The summed E-state index contributed by atoms with van der Waals surface area (Å²) in [6.45, 7) is 0. The summed E-state index contributed by atoms with van der Waals surface area (Å²) in [6, 6.07) is 5.11. The van der Waals surface area contributed by atoms with Gasteiger partial charge in [0.25, 0.3) is 10.0 Å². The first-order valence-corrected chi connectivity index (χ1v) is 8.50. The number of benzene rings is 1. The number of hydrazine groups is 1. The van der Waals surface area contributed by atoms with E-state index in [-0.39, 0.29) is 20.9 Å². The molecule has 0 aliphatic carbocycles. The van der Waals surface area contributed by atoms with Gasteiger partial charge < -0.3 is 5.43 Å². The van der Waals surface area contributed by atoms with Crippen LogP contribution >= 0.6 is 31.9 Å². The van der Waals surface area contributed by atoms with E-state index in [1.807, 2.05) is 0 Å². The van der Waals surface area contributed by atoms with Crippen molar-refractivity contribution in [2.45, 2.75) is 4.90 Å². The number of nitrogen functional groups attached to an aromatic ring is 1. The minimum Gasteiger partial charge on any atom is -0.307 e. The van der Waals surface area contributed by atoms with Crippen molar-refractivity contribution in [3.05, 3.63) is 45.2 Å². The molecule has 2 aromatic rings. The number of anilines is 2. The zero-order chi connectivity index (χ0) is 15.6. The maximum Gasteiger partial charge on any atom is 0.265 e. The average Bonchev–Trinajstić information content (AvgIpc) is 2.42. The maximum absolute atomic E-state index is 13.2. The van der Waals surface area contributed by atoms with E-state index in [2.05, 4.69) is 47.0 Å². The molecule has 1 aromatic carbocycles. The van der Waals surface area contributed by atoms with Crippen molar-refractivity contribution in [2.75, 3.05) is 10.1 Å². The minimum absolute atomic E-state index is 0.00752. The first-order valence-electron chi connectivity index (χ1n) is 5.43. The van der Waals surface area contributed by atoms with Gasteiger partial charge in [-0.25, -0.2) is 23.6 Å². The number of sulfonamides is 1. The Morgan fingerprint density at radius 3 is 2.57 bits per heavy atom. The van der Waals surface area contributed by atoms with E-state index < -0.39 is 15.8 Å². The molecule has 6 nitrogen and oxygen atoms in total. The van der Waals surface area contributed by atoms with Crippen LogP contribution in [0.15, 0.2) is 44.3 Å². The number of pyridine rings is 1. The highest BCUT2D eigenvalue weighted by atomic mass is 79.9. The number of nitrogens with zero attached hydrogens (tertiary/aromatic N) is 1. The van der Waals surface area contributed by atoms with Crippen molar-refractivity contribution >= 4 is 53.4 Å².